The molecule has 0 spiro atoms. The third-order valence-corrected chi connectivity index (χ3v) is 15.6. The van der Waals surface area contributed by atoms with E-state index in [0.29, 0.717) is 44.8 Å². The lowest BCUT2D eigenvalue weighted by Gasteiger charge is -2.31. The minimum absolute atomic E-state index is 0.0226. The number of nitrogens with zero attached hydrogens (tertiary/aromatic N) is 3. The fourth-order valence-corrected chi connectivity index (χ4v) is 10.8. The number of ether oxygens (including phenoxy) is 6. The summed E-state index contributed by atoms with van der Waals surface area (Å²) in [5.41, 5.74) is 1.69. The van der Waals surface area contributed by atoms with E-state index in [1.165, 1.54) is 13.0 Å². The lowest BCUT2D eigenvalue weighted by Crippen LogP contribution is -2.53. The largest absolute Gasteiger partial charge is 0.490 e. The van der Waals surface area contributed by atoms with Gasteiger partial charge in [-0.1, -0.05) is 20.8 Å². The number of esters is 1. The maximum absolute atomic E-state index is 14.5. The quantitative estimate of drug-likeness (QED) is 0.0430. The van der Waals surface area contributed by atoms with Gasteiger partial charge in [-0.05, 0) is 49.1 Å². The molecule has 3 aromatic heterocycles. The molecule has 2 aromatic carbocycles. The first-order chi connectivity index (χ1) is 35.8. The molecule has 0 fully saturated rings. The molecule has 4 amide bonds. The highest BCUT2D eigenvalue weighted by Gasteiger charge is 2.46. The SMILES string of the molecule is CC[C@@]1(O)C(=O)OCc2c1cc1n(c2=O)Cc2c-1nc1ccc(NC(=O)[C@H](C)NC(=O)[C@@H](NC(=O)CCOCCOCCOCCOCCNC(=O)c3cc4sc(S(C)(=O)=O)nc4cc3F)C(C)C)c3c1c2CCO3. The zero-order valence-corrected chi connectivity index (χ0v) is 43.6. The van der Waals surface area contributed by atoms with E-state index >= 15 is 0 Å². The Labute approximate surface area is 433 Å². The number of aromatic nitrogens is 3. The Morgan fingerprint density at radius 1 is 0.880 bits per heavy atom. The van der Waals surface area contributed by atoms with Crippen LogP contribution in [-0.2, 0) is 77.9 Å². The van der Waals surface area contributed by atoms with Gasteiger partial charge in [0.2, 0.25) is 31.9 Å². The molecule has 0 unspecified atom stereocenters. The molecule has 75 heavy (non-hydrogen) atoms. The molecule has 0 bridgehead atoms. The summed E-state index contributed by atoms with van der Waals surface area (Å²) in [4.78, 5) is 87.6. The number of fused-ring (bicyclic) bond motifs is 6. The van der Waals surface area contributed by atoms with Crippen molar-refractivity contribution >= 4 is 77.6 Å². The number of carbonyl (C=O) groups is 5. The summed E-state index contributed by atoms with van der Waals surface area (Å²) < 4.78 is 73.1. The molecule has 3 atom stereocenters. The third kappa shape index (κ3) is 11.8. The summed E-state index contributed by atoms with van der Waals surface area (Å²) in [6.45, 7) is 8.77. The molecule has 3 aliphatic heterocycles. The number of pyridine rings is 2. The Morgan fingerprint density at radius 3 is 2.25 bits per heavy atom. The summed E-state index contributed by atoms with van der Waals surface area (Å²) in [6, 6.07) is 5.38. The number of thiazole rings is 1. The number of rotatable bonds is 24. The average molecular weight is 1080 g/mol. The molecule has 25 heteroatoms. The first-order valence-electron chi connectivity index (χ1n) is 24.4. The molecular formula is C50H58FN7O15S2. The molecule has 0 radical (unpaired) electrons. The van der Waals surface area contributed by atoms with Crippen molar-refractivity contribution in [3.8, 4) is 17.1 Å². The highest BCUT2D eigenvalue weighted by molar-refractivity contribution is 7.92. The van der Waals surface area contributed by atoms with Crippen LogP contribution in [0, 0.1) is 11.7 Å². The Balaban J connectivity index is 0.715. The predicted octanol–water partition coefficient (Wildman–Crippen LogP) is 2.64. The lowest BCUT2D eigenvalue weighted by atomic mass is 9.86. The number of nitrogens with one attached hydrogen (secondary N) is 4. The van der Waals surface area contributed by atoms with Crippen molar-refractivity contribution in [3.05, 3.63) is 74.3 Å². The van der Waals surface area contributed by atoms with Crippen molar-refractivity contribution in [2.75, 3.05) is 77.6 Å². The van der Waals surface area contributed by atoms with Crippen LogP contribution in [0.15, 0.2) is 39.5 Å². The van der Waals surface area contributed by atoms with Crippen molar-refractivity contribution in [2.45, 2.75) is 82.1 Å². The van der Waals surface area contributed by atoms with E-state index in [9.17, 15) is 46.7 Å². The molecule has 0 saturated heterocycles. The number of halogens is 1. The third-order valence-electron chi connectivity index (χ3n) is 12.9. The summed E-state index contributed by atoms with van der Waals surface area (Å²) in [5, 5.41) is 22.8. The van der Waals surface area contributed by atoms with Crippen molar-refractivity contribution in [3.63, 3.8) is 0 Å². The van der Waals surface area contributed by atoms with Gasteiger partial charge < -0.3 is 59.4 Å². The Hall–Kier alpha value is -6.48. The van der Waals surface area contributed by atoms with Gasteiger partial charge >= 0.3 is 5.97 Å². The molecule has 0 aliphatic carbocycles. The van der Waals surface area contributed by atoms with Crippen molar-refractivity contribution < 1.29 is 70.3 Å². The van der Waals surface area contributed by atoms with E-state index in [0.717, 1.165) is 34.8 Å². The van der Waals surface area contributed by atoms with Gasteiger partial charge in [-0.25, -0.2) is 27.6 Å². The molecular weight excluding hydrogens is 1020 g/mol. The van der Waals surface area contributed by atoms with Crippen LogP contribution in [0.2, 0.25) is 0 Å². The fraction of sp³-hybridized carbons (Fsp3) is 0.480. The number of hydrogen-bond donors (Lipinski definition) is 5. The van der Waals surface area contributed by atoms with Gasteiger partial charge in [-0.15, -0.1) is 11.3 Å². The predicted molar refractivity (Wildman–Crippen MR) is 270 cm³/mol. The monoisotopic (exact) mass is 1080 g/mol. The standard InChI is InChI=1S/C50H58FN7O15S2/c1-6-50(65)32-22-37-42-30(24-58(37)47(63)31(32)25-73-48(50)64)28-9-13-72-43-35(8-7-34(54-42)40(28)43)55-44(60)27(4)53-46(62)41(26(2)3)57-39(59)10-12-68-15-17-70-19-20-71-18-16-69-14-11-52-45(61)29-21-38-36(23-33(29)51)56-49(74-38)75(5,66)67/h7-8,21-23,26-27,41,65H,6,9-20,24-25H2,1-5H3,(H,52,61)(H,53,62)(H,55,60)(H,57,59)/t27-,41-,50-/m0/s1. The zero-order chi connectivity index (χ0) is 53.8. The number of aliphatic hydroxyl groups is 1. The van der Waals surface area contributed by atoms with E-state index in [1.54, 1.807) is 43.5 Å². The van der Waals surface area contributed by atoms with Crippen molar-refractivity contribution in [1.29, 1.82) is 0 Å². The molecule has 22 nitrogen and oxygen atoms in total. The van der Waals surface area contributed by atoms with Gasteiger partial charge in [0.1, 0.15) is 24.5 Å². The minimum Gasteiger partial charge on any atom is -0.490 e. The summed E-state index contributed by atoms with van der Waals surface area (Å²) >= 11 is 0.857. The second kappa shape index (κ2) is 23.2. The highest BCUT2D eigenvalue weighted by Crippen LogP contribution is 2.45. The normalized spacial score (nSPS) is 16.4. The van der Waals surface area contributed by atoms with Crippen LogP contribution in [0.3, 0.4) is 0 Å². The van der Waals surface area contributed by atoms with Crippen molar-refractivity contribution in [2.24, 2.45) is 5.92 Å². The van der Waals surface area contributed by atoms with Gasteiger partial charge in [0.05, 0.1) is 110 Å². The molecule has 5 N–H and O–H groups in total. The Bertz CT molecular complexity index is 3240. The van der Waals surface area contributed by atoms with Crippen LogP contribution in [0.5, 0.6) is 5.75 Å². The molecule has 8 rings (SSSR count). The number of anilines is 1. The maximum Gasteiger partial charge on any atom is 0.343 e. The second-order valence-corrected chi connectivity index (χ2v) is 21.7. The highest BCUT2D eigenvalue weighted by atomic mass is 32.2. The number of cyclic esters (lactones) is 1. The van der Waals surface area contributed by atoms with Gasteiger partial charge in [0.25, 0.3) is 11.5 Å². The molecule has 0 saturated carbocycles. The first kappa shape index (κ1) is 54.8. The molecule has 402 valence electrons. The Kier molecular flexibility index (Phi) is 16.9. The smallest absolute Gasteiger partial charge is 0.343 e. The average Bonchev–Trinajstić information content (AvgIpc) is 4.01. The van der Waals surface area contributed by atoms with E-state index in [-0.39, 0.29) is 130 Å². The van der Waals surface area contributed by atoms with Crippen molar-refractivity contribution in [1.82, 2.24) is 30.5 Å². The van der Waals surface area contributed by atoms with E-state index in [2.05, 4.69) is 26.3 Å². The molecule has 6 heterocycles. The second-order valence-electron chi connectivity index (χ2n) is 18.5. The summed E-state index contributed by atoms with van der Waals surface area (Å²) in [5.74, 6) is -3.73. The number of carbonyl (C=O) groups excluding carboxylic acids is 5. The van der Waals surface area contributed by atoms with Gasteiger partial charge in [0.15, 0.2) is 11.4 Å². The van der Waals surface area contributed by atoms with E-state index < -0.39 is 62.9 Å². The van der Waals surface area contributed by atoms with Crippen LogP contribution in [-0.4, -0.2) is 142 Å². The number of amides is 4. The van der Waals surface area contributed by atoms with Crippen LogP contribution in [0.4, 0.5) is 10.1 Å². The molecule has 5 aromatic rings. The number of hydrogen-bond acceptors (Lipinski definition) is 18. The van der Waals surface area contributed by atoms with Gasteiger partial charge in [0, 0.05) is 48.2 Å². The fourth-order valence-electron chi connectivity index (χ4n) is 8.92. The van der Waals surface area contributed by atoms with Gasteiger partial charge in [-0.2, -0.15) is 0 Å². The van der Waals surface area contributed by atoms with E-state index in [1.807, 2.05) is 0 Å². The van der Waals surface area contributed by atoms with Crippen LogP contribution in [0.1, 0.15) is 73.1 Å². The Morgan fingerprint density at radius 2 is 1.57 bits per heavy atom. The van der Waals surface area contributed by atoms with Gasteiger partial charge in [-0.3, -0.25) is 24.0 Å². The first-order valence-corrected chi connectivity index (χ1v) is 27.1. The minimum atomic E-state index is -3.57. The zero-order valence-electron chi connectivity index (χ0n) is 41.9. The number of sulfone groups is 1. The summed E-state index contributed by atoms with van der Waals surface area (Å²) in [6.07, 6.45) is 1.50. The van der Waals surface area contributed by atoms with Crippen LogP contribution >= 0.6 is 11.3 Å². The van der Waals surface area contributed by atoms with Crippen LogP contribution in [0.25, 0.3) is 32.5 Å². The lowest BCUT2D eigenvalue weighted by molar-refractivity contribution is -0.172. The molecule has 3 aliphatic rings. The maximum atomic E-state index is 14.5. The topological polar surface area (TPSA) is 291 Å². The van der Waals surface area contributed by atoms with E-state index in [4.69, 9.17) is 33.4 Å². The number of benzene rings is 2. The summed E-state index contributed by atoms with van der Waals surface area (Å²) in [7, 11) is -3.57. The van der Waals surface area contributed by atoms with Crippen LogP contribution < -0.4 is 31.6 Å².